The number of alkyl halides is 1. The molecule has 1 unspecified atom stereocenters. The first-order valence-electron chi connectivity index (χ1n) is 7.94. The second kappa shape index (κ2) is 6.21. The van der Waals surface area contributed by atoms with Gasteiger partial charge in [-0.05, 0) is 41.7 Å². The molecule has 122 valence electrons. The number of halogens is 1. The van der Waals surface area contributed by atoms with Crippen molar-refractivity contribution in [3.05, 3.63) is 70.8 Å². The first-order chi connectivity index (χ1) is 11.8. The molecule has 0 radical (unpaired) electrons. The van der Waals surface area contributed by atoms with Gasteiger partial charge in [0.15, 0.2) is 6.07 Å². The van der Waals surface area contributed by atoms with Crippen LogP contribution in [0.2, 0.25) is 0 Å². The van der Waals surface area contributed by atoms with Gasteiger partial charge in [-0.3, -0.25) is 0 Å². The summed E-state index contributed by atoms with van der Waals surface area (Å²) in [5, 5.41) is 6.03. The molecule has 4 nitrogen and oxygen atoms in total. The molecule has 2 amide bonds. The van der Waals surface area contributed by atoms with Gasteiger partial charge < -0.3 is 15.4 Å². The van der Waals surface area contributed by atoms with Crippen molar-refractivity contribution in [1.29, 1.82) is 0 Å². The summed E-state index contributed by atoms with van der Waals surface area (Å²) in [4.78, 5) is 12.2. The minimum Gasteiger partial charge on any atom is -0.478 e. The second-order valence-electron chi connectivity index (χ2n) is 5.91. The summed E-state index contributed by atoms with van der Waals surface area (Å²) in [7, 11) is 0. The smallest absolute Gasteiger partial charge is 0.319 e. The van der Waals surface area contributed by atoms with Gasteiger partial charge >= 0.3 is 6.03 Å². The van der Waals surface area contributed by atoms with Crippen molar-refractivity contribution in [3.63, 3.8) is 0 Å². The number of urea groups is 1. The molecule has 4 rings (SSSR count). The molecular formula is C19H17ClN2O2. The van der Waals surface area contributed by atoms with Gasteiger partial charge in [-0.1, -0.05) is 48.0 Å². The Labute approximate surface area is 145 Å². The van der Waals surface area contributed by atoms with Crippen molar-refractivity contribution < 1.29 is 9.53 Å². The molecule has 0 bridgehead atoms. The highest BCUT2D eigenvalue weighted by Gasteiger charge is 2.31. The highest BCUT2D eigenvalue weighted by atomic mass is 35.5. The number of aryl methyl sites for hydroxylation is 1. The van der Waals surface area contributed by atoms with Crippen LogP contribution in [0.1, 0.15) is 29.2 Å². The molecule has 2 aromatic carbocycles. The first-order valence-corrected chi connectivity index (χ1v) is 8.47. The highest BCUT2D eigenvalue weighted by Crippen LogP contribution is 2.39. The molecule has 2 aromatic rings. The third kappa shape index (κ3) is 2.63. The minimum atomic E-state index is -0.181. The molecule has 0 spiro atoms. The Morgan fingerprint density at radius 2 is 2.00 bits per heavy atom. The van der Waals surface area contributed by atoms with Gasteiger partial charge in [0.1, 0.15) is 5.75 Å². The maximum Gasteiger partial charge on any atom is 0.319 e. The topological polar surface area (TPSA) is 50.4 Å². The Morgan fingerprint density at radius 1 is 1.12 bits per heavy atom. The van der Waals surface area contributed by atoms with Gasteiger partial charge in [0, 0.05) is 5.56 Å². The molecule has 0 aromatic heterocycles. The fourth-order valence-corrected chi connectivity index (χ4v) is 3.61. The van der Waals surface area contributed by atoms with Crippen LogP contribution >= 0.6 is 11.6 Å². The largest absolute Gasteiger partial charge is 0.478 e. The van der Waals surface area contributed by atoms with Crippen molar-refractivity contribution in [2.75, 3.05) is 6.07 Å². The summed E-state index contributed by atoms with van der Waals surface area (Å²) < 4.78 is 5.38. The molecule has 5 heteroatoms. The number of ether oxygens (including phenoxy) is 1. The molecule has 1 aliphatic carbocycles. The molecule has 2 N–H and O–H groups in total. The molecule has 1 atom stereocenters. The predicted octanol–water partition coefficient (Wildman–Crippen LogP) is 3.97. The fraction of sp³-hybridized carbons (Fsp3) is 0.211. The van der Waals surface area contributed by atoms with Gasteiger partial charge in [-0.25, -0.2) is 4.79 Å². The maximum absolute atomic E-state index is 12.2. The Bertz CT molecular complexity index is 832. The quantitative estimate of drug-likeness (QED) is 0.830. The summed E-state index contributed by atoms with van der Waals surface area (Å²) in [6.45, 7) is 0. The van der Waals surface area contributed by atoms with Crippen molar-refractivity contribution >= 4 is 23.3 Å². The maximum atomic E-state index is 12.2. The Hall–Kier alpha value is -2.46. The van der Waals surface area contributed by atoms with Crippen molar-refractivity contribution in [1.82, 2.24) is 10.6 Å². The van der Waals surface area contributed by atoms with E-state index in [-0.39, 0.29) is 18.1 Å². The lowest BCUT2D eigenvalue weighted by Gasteiger charge is -2.34. The van der Waals surface area contributed by atoms with E-state index in [1.54, 1.807) is 0 Å². The monoisotopic (exact) mass is 340 g/mol. The molecule has 0 saturated carbocycles. The number of carbonyl (C=O) groups is 1. The zero-order valence-electron chi connectivity index (χ0n) is 13.0. The number of nitrogens with one attached hydrogen (secondary N) is 2. The number of rotatable bonds is 3. The van der Waals surface area contributed by atoms with Crippen LogP contribution in [0.25, 0.3) is 5.70 Å². The van der Waals surface area contributed by atoms with E-state index in [9.17, 15) is 4.79 Å². The summed E-state index contributed by atoms with van der Waals surface area (Å²) in [5.41, 5.74) is 5.54. The summed E-state index contributed by atoms with van der Waals surface area (Å²) in [6, 6.07) is 15.7. The summed E-state index contributed by atoms with van der Waals surface area (Å²) in [6.07, 6.45) is 1.88. The van der Waals surface area contributed by atoms with Crippen molar-refractivity contribution in [2.45, 2.75) is 18.9 Å². The number of amides is 2. The van der Waals surface area contributed by atoms with E-state index in [1.807, 2.05) is 36.4 Å². The zero-order valence-corrected chi connectivity index (χ0v) is 13.8. The van der Waals surface area contributed by atoms with Crippen LogP contribution in [0.4, 0.5) is 4.79 Å². The number of hydrogen-bond acceptors (Lipinski definition) is 2. The fourth-order valence-electron chi connectivity index (χ4n) is 3.49. The standard InChI is InChI=1S/C19H17ClN2O2/c20-11-24-14-6-3-5-13(10-14)17-16-9-8-12-4-1-2-7-15(12)18(16)22-19(23)21-17/h1-7,10,17H,8-9,11H2,(H2,21,22,23). The van der Waals surface area contributed by atoms with Crippen molar-refractivity contribution in [2.24, 2.45) is 0 Å². The van der Waals surface area contributed by atoms with Crippen LogP contribution in [-0.4, -0.2) is 12.1 Å². The summed E-state index contributed by atoms with van der Waals surface area (Å²) >= 11 is 5.65. The van der Waals surface area contributed by atoms with Gasteiger partial charge in [0.25, 0.3) is 0 Å². The highest BCUT2D eigenvalue weighted by molar-refractivity contribution is 6.17. The lowest BCUT2D eigenvalue weighted by Crippen LogP contribution is -2.44. The van der Waals surface area contributed by atoms with E-state index in [4.69, 9.17) is 16.3 Å². The zero-order chi connectivity index (χ0) is 16.5. The van der Waals surface area contributed by atoms with Crippen molar-refractivity contribution in [3.8, 4) is 5.75 Å². The molecule has 0 saturated heterocycles. The normalized spacial score (nSPS) is 19.0. The van der Waals surface area contributed by atoms with Gasteiger partial charge in [-0.2, -0.15) is 0 Å². The molecule has 0 fully saturated rings. The van der Waals surface area contributed by atoms with Crippen LogP contribution in [0.5, 0.6) is 5.75 Å². The third-order valence-electron chi connectivity index (χ3n) is 4.55. The first kappa shape index (κ1) is 15.1. The lowest BCUT2D eigenvalue weighted by molar-refractivity contribution is 0.240. The van der Waals surface area contributed by atoms with E-state index in [2.05, 4.69) is 22.8 Å². The van der Waals surface area contributed by atoms with E-state index < -0.39 is 0 Å². The number of hydrogen-bond donors (Lipinski definition) is 2. The van der Waals surface area contributed by atoms with Crippen LogP contribution in [0, 0.1) is 0 Å². The molecular weight excluding hydrogens is 324 g/mol. The molecule has 1 heterocycles. The lowest BCUT2D eigenvalue weighted by atomic mass is 9.83. The Morgan fingerprint density at radius 3 is 2.88 bits per heavy atom. The predicted molar refractivity (Wildman–Crippen MR) is 93.9 cm³/mol. The SMILES string of the molecule is O=C1NC2=C(CCc3ccccc32)C(c2cccc(OCCl)c2)N1. The van der Waals surface area contributed by atoms with Crippen LogP contribution < -0.4 is 15.4 Å². The second-order valence-corrected chi connectivity index (χ2v) is 6.13. The van der Waals surface area contributed by atoms with E-state index in [1.165, 1.54) is 11.1 Å². The van der Waals surface area contributed by atoms with Crippen LogP contribution in [-0.2, 0) is 6.42 Å². The number of benzene rings is 2. The third-order valence-corrected chi connectivity index (χ3v) is 4.66. The van der Waals surface area contributed by atoms with Gasteiger partial charge in [0.2, 0.25) is 0 Å². The molecule has 1 aliphatic heterocycles. The minimum absolute atomic E-state index is 0.101. The number of carbonyl (C=O) groups excluding carboxylic acids is 1. The van der Waals surface area contributed by atoms with E-state index in [0.717, 1.165) is 29.7 Å². The molecule has 2 aliphatic rings. The Kier molecular flexibility index (Phi) is 3.90. The average Bonchev–Trinajstić information content (AvgIpc) is 2.61. The van der Waals surface area contributed by atoms with Crippen LogP contribution in [0.3, 0.4) is 0 Å². The van der Waals surface area contributed by atoms with Gasteiger partial charge in [-0.15, -0.1) is 0 Å². The molecule has 24 heavy (non-hydrogen) atoms. The summed E-state index contributed by atoms with van der Waals surface area (Å²) in [5.74, 6) is 0.702. The van der Waals surface area contributed by atoms with Gasteiger partial charge in [0.05, 0.1) is 11.7 Å². The van der Waals surface area contributed by atoms with E-state index in [0.29, 0.717) is 5.75 Å². The van der Waals surface area contributed by atoms with E-state index >= 15 is 0 Å². The van der Waals surface area contributed by atoms with Crippen LogP contribution in [0.15, 0.2) is 54.1 Å². The average molecular weight is 341 g/mol. The number of fused-ring (bicyclic) bond motifs is 2. The Balaban J connectivity index is 1.79.